The predicted molar refractivity (Wildman–Crippen MR) is 79.2 cm³/mol. The lowest BCUT2D eigenvalue weighted by atomic mass is 10.1. The number of hydrogen-bond acceptors (Lipinski definition) is 3. The van der Waals surface area contributed by atoms with Crippen molar-refractivity contribution in [3.05, 3.63) is 23.0 Å². The Labute approximate surface area is 118 Å². The lowest BCUT2D eigenvalue weighted by Gasteiger charge is -2.21. The van der Waals surface area contributed by atoms with E-state index in [0.717, 1.165) is 13.1 Å². The standard InChI is InChI=1S/C14H21ClFN3/c1-10(9-19-4-2-3-5-19)8-18-14-7-12(16)11(15)6-13(14)17/h6-7,10,18H,2-5,8-9,17H2,1H3. The third-order valence-electron chi connectivity index (χ3n) is 3.50. The zero-order valence-electron chi connectivity index (χ0n) is 11.3. The van der Waals surface area contributed by atoms with Crippen molar-refractivity contribution < 1.29 is 4.39 Å². The molecule has 1 aliphatic rings. The van der Waals surface area contributed by atoms with Crippen LogP contribution in [0.5, 0.6) is 0 Å². The molecule has 3 nitrogen and oxygen atoms in total. The number of rotatable bonds is 5. The summed E-state index contributed by atoms with van der Waals surface area (Å²) in [6, 6.07) is 2.81. The summed E-state index contributed by atoms with van der Waals surface area (Å²) in [6.07, 6.45) is 2.60. The number of nitrogens with zero attached hydrogens (tertiary/aromatic N) is 1. The summed E-state index contributed by atoms with van der Waals surface area (Å²) >= 11 is 5.67. The molecule has 0 spiro atoms. The quantitative estimate of drug-likeness (QED) is 0.816. The molecule has 1 saturated heterocycles. The molecule has 0 aromatic heterocycles. The Morgan fingerprint density at radius 3 is 2.79 bits per heavy atom. The second kappa shape index (κ2) is 6.44. The fourth-order valence-electron chi connectivity index (χ4n) is 2.47. The van der Waals surface area contributed by atoms with Crippen LogP contribution < -0.4 is 11.1 Å². The highest BCUT2D eigenvalue weighted by Gasteiger charge is 2.15. The number of halogens is 2. The van der Waals surface area contributed by atoms with E-state index in [2.05, 4.69) is 17.1 Å². The van der Waals surface area contributed by atoms with Gasteiger partial charge in [0.2, 0.25) is 0 Å². The van der Waals surface area contributed by atoms with Gasteiger partial charge in [-0.05, 0) is 37.9 Å². The number of benzene rings is 1. The summed E-state index contributed by atoms with van der Waals surface area (Å²) in [5.74, 6) is 0.0572. The Bertz CT molecular complexity index is 433. The van der Waals surface area contributed by atoms with E-state index in [4.69, 9.17) is 17.3 Å². The number of nitrogen functional groups attached to an aromatic ring is 1. The first-order valence-electron chi connectivity index (χ1n) is 6.77. The smallest absolute Gasteiger partial charge is 0.143 e. The predicted octanol–water partition coefficient (Wildman–Crippen LogP) is 3.21. The van der Waals surface area contributed by atoms with Crippen molar-refractivity contribution >= 4 is 23.0 Å². The fraction of sp³-hybridized carbons (Fsp3) is 0.571. The highest BCUT2D eigenvalue weighted by atomic mass is 35.5. The molecular formula is C14H21ClFN3. The van der Waals surface area contributed by atoms with Gasteiger partial charge in [-0.3, -0.25) is 0 Å². The number of likely N-dealkylation sites (tertiary alicyclic amines) is 1. The summed E-state index contributed by atoms with van der Waals surface area (Å²) in [4.78, 5) is 2.47. The molecule has 1 unspecified atom stereocenters. The van der Waals surface area contributed by atoms with Crippen LogP contribution in [-0.2, 0) is 0 Å². The number of hydrogen-bond donors (Lipinski definition) is 2. The molecule has 0 bridgehead atoms. The number of anilines is 2. The van der Waals surface area contributed by atoms with Crippen LogP contribution in [0.3, 0.4) is 0 Å². The van der Waals surface area contributed by atoms with Crippen LogP contribution in [0.25, 0.3) is 0 Å². The SMILES string of the molecule is CC(CNc1cc(F)c(Cl)cc1N)CN1CCCC1. The van der Waals surface area contributed by atoms with Gasteiger partial charge in [0.1, 0.15) is 5.82 Å². The maximum Gasteiger partial charge on any atom is 0.143 e. The molecule has 1 heterocycles. The maximum atomic E-state index is 13.4. The van der Waals surface area contributed by atoms with E-state index < -0.39 is 5.82 Å². The van der Waals surface area contributed by atoms with E-state index in [0.29, 0.717) is 17.3 Å². The van der Waals surface area contributed by atoms with E-state index in [1.165, 1.54) is 38.1 Å². The van der Waals surface area contributed by atoms with Crippen molar-refractivity contribution in [3.63, 3.8) is 0 Å². The van der Waals surface area contributed by atoms with Crippen molar-refractivity contribution in [2.75, 3.05) is 37.2 Å². The molecule has 0 amide bonds. The number of nitrogens with two attached hydrogens (primary N) is 1. The minimum atomic E-state index is -0.439. The average molecular weight is 286 g/mol. The Hall–Kier alpha value is -1.00. The molecule has 1 aromatic carbocycles. The highest BCUT2D eigenvalue weighted by molar-refractivity contribution is 6.31. The second-order valence-electron chi connectivity index (χ2n) is 5.35. The normalized spacial score (nSPS) is 17.6. The van der Waals surface area contributed by atoms with Crippen molar-refractivity contribution in [1.82, 2.24) is 4.90 Å². The molecule has 1 fully saturated rings. The van der Waals surface area contributed by atoms with Crippen LogP contribution in [0.1, 0.15) is 19.8 Å². The van der Waals surface area contributed by atoms with E-state index in [9.17, 15) is 4.39 Å². The summed E-state index contributed by atoms with van der Waals surface area (Å²) in [5, 5.41) is 3.27. The van der Waals surface area contributed by atoms with Crippen LogP contribution >= 0.6 is 11.6 Å². The van der Waals surface area contributed by atoms with E-state index in [1.54, 1.807) is 0 Å². The largest absolute Gasteiger partial charge is 0.397 e. The molecule has 1 aliphatic heterocycles. The molecule has 0 aliphatic carbocycles. The van der Waals surface area contributed by atoms with Crippen molar-refractivity contribution in [2.45, 2.75) is 19.8 Å². The Balaban J connectivity index is 1.85. The Morgan fingerprint density at radius 2 is 2.11 bits per heavy atom. The van der Waals surface area contributed by atoms with Gasteiger partial charge in [0.25, 0.3) is 0 Å². The summed E-state index contributed by atoms with van der Waals surface area (Å²) < 4.78 is 13.4. The molecule has 2 rings (SSSR count). The van der Waals surface area contributed by atoms with Gasteiger partial charge in [0.15, 0.2) is 0 Å². The molecular weight excluding hydrogens is 265 g/mol. The summed E-state index contributed by atoms with van der Waals surface area (Å²) in [6.45, 7) is 6.43. The topological polar surface area (TPSA) is 41.3 Å². The van der Waals surface area contributed by atoms with Gasteiger partial charge in [-0.1, -0.05) is 18.5 Å². The highest BCUT2D eigenvalue weighted by Crippen LogP contribution is 2.26. The zero-order chi connectivity index (χ0) is 13.8. The molecule has 0 saturated carbocycles. The molecule has 5 heteroatoms. The first kappa shape index (κ1) is 14.4. The van der Waals surface area contributed by atoms with Crippen LogP contribution in [0, 0.1) is 11.7 Å². The van der Waals surface area contributed by atoms with Crippen molar-refractivity contribution in [2.24, 2.45) is 5.92 Å². The van der Waals surface area contributed by atoms with Crippen molar-refractivity contribution in [1.29, 1.82) is 0 Å². The molecule has 3 N–H and O–H groups in total. The minimum Gasteiger partial charge on any atom is -0.397 e. The van der Waals surface area contributed by atoms with Gasteiger partial charge in [0, 0.05) is 19.2 Å². The first-order valence-corrected chi connectivity index (χ1v) is 7.15. The lowest BCUT2D eigenvalue weighted by molar-refractivity contribution is 0.294. The van der Waals surface area contributed by atoms with Gasteiger partial charge < -0.3 is 16.0 Å². The second-order valence-corrected chi connectivity index (χ2v) is 5.75. The van der Waals surface area contributed by atoms with E-state index in [-0.39, 0.29) is 5.02 Å². The number of nitrogens with one attached hydrogen (secondary N) is 1. The average Bonchev–Trinajstić information content (AvgIpc) is 2.85. The van der Waals surface area contributed by atoms with Crippen molar-refractivity contribution in [3.8, 4) is 0 Å². The molecule has 1 aromatic rings. The summed E-state index contributed by atoms with van der Waals surface area (Å²) in [7, 11) is 0. The molecule has 106 valence electrons. The fourth-order valence-corrected chi connectivity index (χ4v) is 2.64. The molecule has 1 atom stereocenters. The molecule has 19 heavy (non-hydrogen) atoms. The van der Waals surface area contributed by atoms with Gasteiger partial charge in [-0.15, -0.1) is 0 Å². The zero-order valence-corrected chi connectivity index (χ0v) is 12.0. The third-order valence-corrected chi connectivity index (χ3v) is 3.79. The Kier molecular flexibility index (Phi) is 4.88. The van der Waals surface area contributed by atoms with Crippen LogP contribution in [0.15, 0.2) is 12.1 Å². The van der Waals surface area contributed by atoms with Crippen LogP contribution in [-0.4, -0.2) is 31.1 Å². The lowest BCUT2D eigenvalue weighted by Crippen LogP contribution is -2.29. The van der Waals surface area contributed by atoms with Crippen LogP contribution in [0.4, 0.5) is 15.8 Å². The van der Waals surface area contributed by atoms with Crippen LogP contribution in [0.2, 0.25) is 5.02 Å². The van der Waals surface area contributed by atoms with E-state index in [1.807, 2.05) is 0 Å². The van der Waals surface area contributed by atoms with Gasteiger partial charge in [-0.2, -0.15) is 0 Å². The molecule has 0 radical (unpaired) electrons. The van der Waals surface area contributed by atoms with Gasteiger partial charge in [-0.25, -0.2) is 4.39 Å². The Morgan fingerprint density at radius 1 is 1.42 bits per heavy atom. The first-order chi connectivity index (χ1) is 9.06. The summed E-state index contributed by atoms with van der Waals surface area (Å²) in [5.41, 5.74) is 6.92. The van der Waals surface area contributed by atoms with Gasteiger partial charge in [0.05, 0.1) is 16.4 Å². The minimum absolute atomic E-state index is 0.0631. The third kappa shape index (κ3) is 3.98. The van der Waals surface area contributed by atoms with E-state index >= 15 is 0 Å². The maximum absolute atomic E-state index is 13.4. The monoisotopic (exact) mass is 285 g/mol. The van der Waals surface area contributed by atoms with Gasteiger partial charge >= 0.3 is 0 Å².